The van der Waals surface area contributed by atoms with Gasteiger partial charge < -0.3 is 14.6 Å². The van der Waals surface area contributed by atoms with Crippen molar-refractivity contribution in [2.45, 2.75) is 13.0 Å². The summed E-state index contributed by atoms with van der Waals surface area (Å²) < 4.78 is 23.4. The van der Waals surface area contributed by atoms with Gasteiger partial charge in [0.05, 0.1) is 19.2 Å². The van der Waals surface area contributed by atoms with Crippen molar-refractivity contribution in [2.24, 2.45) is 0 Å². The van der Waals surface area contributed by atoms with Crippen molar-refractivity contribution >= 4 is 5.91 Å². The van der Waals surface area contributed by atoms with Gasteiger partial charge in [-0.25, -0.2) is 4.39 Å². The van der Waals surface area contributed by atoms with E-state index in [9.17, 15) is 9.18 Å². The Bertz CT molecular complexity index is 859. The van der Waals surface area contributed by atoms with Gasteiger partial charge in [0.25, 0.3) is 0 Å². The maximum absolute atomic E-state index is 13.0. The first-order valence-corrected chi connectivity index (χ1v) is 7.76. The fraction of sp³-hybridized carbons (Fsp3) is 0.158. The number of carbonyl (C=O) groups excluding carboxylic acids is 1. The lowest BCUT2D eigenvalue weighted by atomic mass is 10.1. The number of hydrogen-bond acceptors (Lipinski definition) is 4. The Balaban J connectivity index is 1.59. The zero-order chi connectivity index (χ0) is 17.6. The van der Waals surface area contributed by atoms with Crippen molar-refractivity contribution in [2.75, 3.05) is 7.11 Å². The smallest absolute Gasteiger partial charge is 0.226 e. The first-order valence-electron chi connectivity index (χ1n) is 7.76. The van der Waals surface area contributed by atoms with E-state index in [-0.39, 0.29) is 18.1 Å². The molecule has 0 bridgehead atoms. The number of ether oxygens (including phenoxy) is 1. The van der Waals surface area contributed by atoms with Crippen LogP contribution in [0.1, 0.15) is 11.3 Å². The lowest BCUT2D eigenvalue weighted by Crippen LogP contribution is -2.24. The van der Waals surface area contributed by atoms with E-state index in [1.165, 1.54) is 12.1 Å². The van der Waals surface area contributed by atoms with Crippen molar-refractivity contribution in [3.63, 3.8) is 0 Å². The number of nitrogens with one attached hydrogen (secondary N) is 1. The number of hydrogen-bond donors (Lipinski definition) is 1. The molecule has 0 unspecified atom stereocenters. The van der Waals surface area contributed by atoms with Gasteiger partial charge in [0, 0.05) is 23.7 Å². The largest absolute Gasteiger partial charge is 0.496 e. The van der Waals surface area contributed by atoms with Gasteiger partial charge in [-0.05, 0) is 30.3 Å². The molecule has 3 aromatic rings. The molecule has 6 heteroatoms. The number of para-hydroxylation sites is 1. The minimum atomic E-state index is -0.320. The minimum absolute atomic E-state index is 0.0971. The van der Waals surface area contributed by atoms with E-state index in [1.807, 2.05) is 24.3 Å². The van der Waals surface area contributed by atoms with Gasteiger partial charge in [-0.2, -0.15) is 0 Å². The summed E-state index contributed by atoms with van der Waals surface area (Å²) in [4.78, 5) is 12.1. The number of carbonyl (C=O) groups is 1. The zero-order valence-corrected chi connectivity index (χ0v) is 13.7. The Hall–Kier alpha value is -3.15. The molecule has 1 N–H and O–H groups in total. The Labute approximate surface area is 144 Å². The molecule has 25 heavy (non-hydrogen) atoms. The fourth-order valence-corrected chi connectivity index (χ4v) is 2.42. The topological polar surface area (TPSA) is 64.4 Å². The fourth-order valence-electron chi connectivity index (χ4n) is 2.42. The first kappa shape index (κ1) is 16.7. The van der Waals surface area contributed by atoms with Gasteiger partial charge in [0.2, 0.25) is 5.91 Å². The zero-order valence-electron chi connectivity index (χ0n) is 13.7. The molecule has 0 saturated carbocycles. The van der Waals surface area contributed by atoms with Crippen molar-refractivity contribution in [3.8, 4) is 17.1 Å². The van der Waals surface area contributed by atoms with E-state index in [4.69, 9.17) is 9.26 Å². The van der Waals surface area contributed by atoms with Gasteiger partial charge in [-0.1, -0.05) is 23.4 Å². The second kappa shape index (κ2) is 7.61. The summed E-state index contributed by atoms with van der Waals surface area (Å²) in [6, 6.07) is 15.1. The summed E-state index contributed by atoms with van der Waals surface area (Å²) in [7, 11) is 1.59. The van der Waals surface area contributed by atoms with Gasteiger partial charge >= 0.3 is 0 Å². The van der Waals surface area contributed by atoms with Crippen LogP contribution < -0.4 is 10.1 Å². The molecule has 0 aliphatic rings. The normalized spacial score (nSPS) is 10.5. The van der Waals surface area contributed by atoms with Crippen molar-refractivity contribution in [1.82, 2.24) is 10.5 Å². The third-order valence-corrected chi connectivity index (χ3v) is 3.70. The summed E-state index contributed by atoms with van der Waals surface area (Å²) in [5.41, 5.74) is 2.11. The van der Waals surface area contributed by atoms with Crippen molar-refractivity contribution in [3.05, 3.63) is 71.7 Å². The minimum Gasteiger partial charge on any atom is -0.496 e. The number of rotatable bonds is 6. The highest BCUT2D eigenvalue weighted by atomic mass is 19.1. The molecular weight excluding hydrogens is 323 g/mol. The maximum atomic E-state index is 13.0. The number of aromatic nitrogens is 1. The van der Waals surface area contributed by atoms with Gasteiger partial charge in [0.1, 0.15) is 11.6 Å². The standard InChI is InChI=1S/C19H17FN2O3/c1-24-17-5-3-2-4-14(17)12-21-19(23)11-16-10-18(25-22-16)13-6-8-15(20)9-7-13/h2-10H,11-12H2,1H3,(H,21,23). The SMILES string of the molecule is COc1ccccc1CNC(=O)Cc1cc(-c2ccc(F)cc2)on1. The van der Waals surface area contributed by atoms with Gasteiger partial charge in [-0.15, -0.1) is 0 Å². The summed E-state index contributed by atoms with van der Waals surface area (Å²) in [5.74, 6) is 0.722. The molecule has 1 heterocycles. The molecule has 1 amide bonds. The average molecular weight is 340 g/mol. The molecule has 0 atom stereocenters. The second-order valence-electron chi connectivity index (χ2n) is 5.45. The molecular formula is C19H17FN2O3. The first-order chi connectivity index (χ1) is 12.2. The van der Waals surface area contributed by atoms with Crippen LogP contribution in [0.15, 0.2) is 59.1 Å². The number of amides is 1. The summed E-state index contributed by atoms with van der Waals surface area (Å²) >= 11 is 0. The van der Waals surface area contributed by atoms with Crippen LogP contribution in [-0.4, -0.2) is 18.2 Å². The van der Waals surface area contributed by atoms with Crippen LogP contribution in [0.2, 0.25) is 0 Å². The lowest BCUT2D eigenvalue weighted by Gasteiger charge is -2.08. The van der Waals surface area contributed by atoms with Crippen LogP contribution >= 0.6 is 0 Å². The van der Waals surface area contributed by atoms with Crippen LogP contribution in [0.5, 0.6) is 5.75 Å². The number of nitrogens with zero attached hydrogens (tertiary/aromatic N) is 1. The maximum Gasteiger partial charge on any atom is 0.226 e. The van der Waals surface area contributed by atoms with Crippen LogP contribution in [0, 0.1) is 5.82 Å². The third kappa shape index (κ3) is 4.23. The van der Waals surface area contributed by atoms with Crippen LogP contribution in [0.3, 0.4) is 0 Å². The second-order valence-corrected chi connectivity index (χ2v) is 5.45. The Morgan fingerprint density at radius 3 is 2.72 bits per heavy atom. The molecule has 128 valence electrons. The van der Waals surface area contributed by atoms with Crippen LogP contribution in [0.4, 0.5) is 4.39 Å². The van der Waals surface area contributed by atoms with E-state index in [0.717, 1.165) is 11.3 Å². The van der Waals surface area contributed by atoms with E-state index < -0.39 is 0 Å². The number of halogens is 1. The molecule has 0 saturated heterocycles. The van der Waals surface area contributed by atoms with Crippen molar-refractivity contribution in [1.29, 1.82) is 0 Å². The van der Waals surface area contributed by atoms with E-state index in [1.54, 1.807) is 25.3 Å². The van der Waals surface area contributed by atoms with Gasteiger partial charge in [-0.3, -0.25) is 4.79 Å². The summed E-state index contributed by atoms with van der Waals surface area (Å²) in [6.45, 7) is 0.367. The molecule has 2 aromatic carbocycles. The molecule has 0 aliphatic heterocycles. The molecule has 0 fully saturated rings. The van der Waals surface area contributed by atoms with E-state index >= 15 is 0 Å². The van der Waals surface area contributed by atoms with Crippen LogP contribution in [-0.2, 0) is 17.8 Å². The highest BCUT2D eigenvalue weighted by Crippen LogP contribution is 2.21. The lowest BCUT2D eigenvalue weighted by molar-refractivity contribution is -0.120. The Morgan fingerprint density at radius 1 is 1.20 bits per heavy atom. The third-order valence-electron chi connectivity index (χ3n) is 3.70. The number of methoxy groups -OCH3 is 1. The van der Waals surface area contributed by atoms with Crippen molar-refractivity contribution < 1.29 is 18.4 Å². The molecule has 0 spiro atoms. The quantitative estimate of drug-likeness (QED) is 0.747. The molecule has 1 aromatic heterocycles. The number of benzene rings is 2. The highest BCUT2D eigenvalue weighted by molar-refractivity contribution is 5.78. The van der Waals surface area contributed by atoms with Gasteiger partial charge in [0.15, 0.2) is 5.76 Å². The Kier molecular flexibility index (Phi) is 5.09. The molecule has 0 radical (unpaired) electrons. The Morgan fingerprint density at radius 2 is 1.96 bits per heavy atom. The summed E-state index contributed by atoms with van der Waals surface area (Å²) in [5, 5.41) is 6.72. The monoisotopic (exact) mass is 340 g/mol. The molecule has 3 rings (SSSR count). The van der Waals surface area contributed by atoms with Crippen LogP contribution in [0.25, 0.3) is 11.3 Å². The average Bonchev–Trinajstić information content (AvgIpc) is 3.09. The molecule has 5 nitrogen and oxygen atoms in total. The predicted molar refractivity (Wildman–Crippen MR) is 90.4 cm³/mol. The van der Waals surface area contributed by atoms with E-state index in [0.29, 0.717) is 23.6 Å². The predicted octanol–water partition coefficient (Wildman–Crippen LogP) is 3.35. The van der Waals surface area contributed by atoms with E-state index in [2.05, 4.69) is 10.5 Å². The highest BCUT2D eigenvalue weighted by Gasteiger charge is 2.11. The summed E-state index contributed by atoms with van der Waals surface area (Å²) in [6.07, 6.45) is 0.0971. The molecule has 0 aliphatic carbocycles.